The molecule has 2 rings (SSSR count). The molecule has 0 bridgehead atoms. The smallest absolute Gasteiger partial charge is 0.158 e. The van der Waals surface area contributed by atoms with Crippen molar-refractivity contribution in [2.75, 3.05) is 0 Å². The Hall–Kier alpha value is -1.03. The highest BCUT2D eigenvalue weighted by Crippen LogP contribution is 2.27. The van der Waals surface area contributed by atoms with Crippen LogP contribution in [0, 0.1) is 0 Å². The molecule has 0 saturated heterocycles. The maximum absolute atomic E-state index is 6.32. The van der Waals surface area contributed by atoms with Crippen molar-refractivity contribution in [3.63, 3.8) is 0 Å². The van der Waals surface area contributed by atoms with Gasteiger partial charge in [-0.05, 0) is 19.8 Å². The van der Waals surface area contributed by atoms with Gasteiger partial charge in [-0.15, -0.1) is 11.6 Å². The van der Waals surface area contributed by atoms with E-state index in [0.717, 1.165) is 48.5 Å². The Kier molecular flexibility index (Phi) is 5.08. The minimum atomic E-state index is -0.0708. The average Bonchev–Trinajstić information content (AvgIpc) is 2.91. The zero-order valence-corrected chi connectivity index (χ0v) is 13.7. The second-order valence-electron chi connectivity index (χ2n) is 5.44. The molecule has 0 fully saturated rings. The molecule has 0 saturated carbocycles. The molecule has 112 valence electrons. The molecular weight excluding hydrogens is 272 g/mol. The minimum Gasteiger partial charge on any atom is -0.312 e. The number of unbranched alkanes of at least 4 members (excludes halogenated alkanes) is 2. The van der Waals surface area contributed by atoms with Crippen molar-refractivity contribution in [1.82, 2.24) is 19.3 Å². The summed E-state index contributed by atoms with van der Waals surface area (Å²) in [5.74, 6) is 0.975. The van der Waals surface area contributed by atoms with Gasteiger partial charge in [-0.1, -0.05) is 33.1 Å². The van der Waals surface area contributed by atoms with Crippen LogP contribution in [-0.2, 0) is 20.0 Å². The monoisotopic (exact) mass is 296 g/mol. The van der Waals surface area contributed by atoms with Crippen LogP contribution >= 0.6 is 11.6 Å². The molecule has 2 heterocycles. The van der Waals surface area contributed by atoms with E-state index >= 15 is 0 Å². The highest BCUT2D eigenvalue weighted by Gasteiger charge is 2.20. The zero-order valence-electron chi connectivity index (χ0n) is 13.0. The summed E-state index contributed by atoms with van der Waals surface area (Å²) in [6.45, 7) is 7.36. The summed E-state index contributed by atoms with van der Waals surface area (Å²) < 4.78 is 4.22. The fourth-order valence-corrected chi connectivity index (χ4v) is 2.87. The lowest BCUT2D eigenvalue weighted by atomic mass is 10.2. The Labute approximate surface area is 126 Å². The predicted molar refractivity (Wildman–Crippen MR) is 84.3 cm³/mol. The van der Waals surface area contributed by atoms with Gasteiger partial charge < -0.3 is 4.57 Å². The first kappa shape index (κ1) is 15.4. The third-order valence-corrected chi connectivity index (χ3v) is 3.84. The molecule has 1 unspecified atom stereocenters. The molecule has 0 radical (unpaired) electrons. The second kappa shape index (κ2) is 6.61. The molecule has 5 heteroatoms. The van der Waals surface area contributed by atoms with Crippen LogP contribution in [0.2, 0.25) is 0 Å². The standard InChI is InChI=1S/C15H25ClN4/c1-5-7-8-10-20-14(11(3)16)17-13-12(9-6-2)18-19(4)15(13)20/h11H,5-10H2,1-4H3. The van der Waals surface area contributed by atoms with Crippen molar-refractivity contribution < 1.29 is 0 Å². The molecule has 0 aromatic carbocycles. The molecule has 0 aliphatic rings. The first-order valence-corrected chi connectivity index (χ1v) is 8.09. The van der Waals surface area contributed by atoms with Gasteiger partial charge in [0, 0.05) is 13.6 Å². The lowest BCUT2D eigenvalue weighted by molar-refractivity contribution is 0.576. The molecule has 20 heavy (non-hydrogen) atoms. The fraction of sp³-hybridized carbons (Fsp3) is 0.733. The molecule has 0 amide bonds. The minimum absolute atomic E-state index is 0.0708. The number of aryl methyl sites for hydroxylation is 3. The Morgan fingerprint density at radius 1 is 1.20 bits per heavy atom. The van der Waals surface area contributed by atoms with Gasteiger partial charge in [-0.3, -0.25) is 4.68 Å². The number of nitrogens with zero attached hydrogens (tertiary/aromatic N) is 4. The largest absolute Gasteiger partial charge is 0.312 e. The van der Waals surface area contributed by atoms with Crippen molar-refractivity contribution in [2.24, 2.45) is 7.05 Å². The van der Waals surface area contributed by atoms with Crippen LogP contribution < -0.4 is 0 Å². The van der Waals surface area contributed by atoms with Crippen LogP contribution in [0.5, 0.6) is 0 Å². The molecule has 4 nitrogen and oxygen atoms in total. The van der Waals surface area contributed by atoms with Crippen LogP contribution in [0.3, 0.4) is 0 Å². The van der Waals surface area contributed by atoms with Gasteiger partial charge in [0.2, 0.25) is 0 Å². The lowest BCUT2D eigenvalue weighted by Crippen LogP contribution is -2.08. The van der Waals surface area contributed by atoms with Crippen molar-refractivity contribution in [3.05, 3.63) is 11.5 Å². The van der Waals surface area contributed by atoms with Gasteiger partial charge in [0.25, 0.3) is 0 Å². The Morgan fingerprint density at radius 2 is 1.95 bits per heavy atom. The zero-order chi connectivity index (χ0) is 14.7. The molecule has 2 aromatic heterocycles. The van der Waals surface area contributed by atoms with Gasteiger partial charge in [0.05, 0.1) is 11.1 Å². The first-order valence-electron chi connectivity index (χ1n) is 7.66. The van der Waals surface area contributed by atoms with Crippen LogP contribution in [0.15, 0.2) is 0 Å². The molecule has 1 atom stereocenters. The fourth-order valence-electron chi connectivity index (χ4n) is 2.71. The number of hydrogen-bond donors (Lipinski definition) is 0. The second-order valence-corrected chi connectivity index (χ2v) is 6.09. The van der Waals surface area contributed by atoms with E-state index in [2.05, 4.69) is 23.5 Å². The SMILES string of the molecule is CCCCCn1c(C(C)Cl)nc2c(CCC)nn(C)c21. The van der Waals surface area contributed by atoms with E-state index < -0.39 is 0 Å². The topological polar surface area (TPSA) is 35.6 Å². The van der Waals surface area contributed by atoms with Crippen LogP contribution in [0.4, 0.5) is 0 Å². The summed E-state index contributed by atoms with van der Waals surface area (Å²) in [6, 6.07) is 0. The third-order valence-electron chi connectivity index (χ3n) is 3.65. The van der Waals surface area contributed by atoms with Crippen LogP contribution in [0.1, 0.15) is 63.3 Å². The molecular formula is C15H25ClN4. The summed E-state index contributed by atoms with van der Waals surface area (Å²) in [6.07, 6.45) is 5.67. The molecule has 0 aliphatic carbocycles. The number of rotatable bonds is 7. The number of hydrogen-bond acceptors (Lipinski definition) is 2. The van der Waals surface area contributed by atoms with Crippen molar-refractivity contribution in [2.45, 2.75) is 64.8 Å². The van der Waals surface area contributed by atoms with Gasteiger partial charge in [0.15, 0.2) is 5.65 Å². The van der Waals surface area contributed by atoms with E-state index in [-0.39, 0.29) is 5.38 Å². The van der Waals surface area contributed by atoms with Crippen LogP contribution in [0.25, 0.3) is 11.2 Å². The van der Waals surface area contributed by atoms with Crippen molar-refractivity contribution in [1.29, 1.82) is 0 Å². The number of aromatic nitrogens is 4. The van der Waals surface area contributed by atoms with E-state index in [0.29, 0.717) is 0 Å². The molecule has 0 spiro atoms. The maximum Gasteiger partial charge on any atom is 0.158 e. The van der Waals surface area contributed by atoms with Crippen LogP contribution in [-0.4, -0.2) is 19.3 Å². The van der Waals surface area contributed by atoms with E-state index in [1.54, 1.807) is 0 Å². The summed E-state index contributed by atoms with van der Waals surface area (Å²) in [7, 11) is 2.00. The van der Waals surface area contributed by atoms with Gasteiger partial charge in [0.1, 0.15) is 11.3 Å². The number of fused-ring (bicyclic) bond motifs is 1. The number of halogens is 1. The van der Waals surface area contributed by atoms with E-state index in [1.165, 1.54) is 12.8 Å². The summed E-state index contributed by atoms with van der Waals surface area (Å²) in [5.41, 5.74) is 3.25. The number of imidazole rings is 1. The van der Waals surface area contributed by atoms with Crippen molar-refractivity contribution >= 4 is 22.8 Å². The highest BCUT2D eigenvalue weighted by molar-refractivity contribution is 6.20. The molecule has 2 aromatic rings. The van der Waals surface area contributed by atoms with Crippen molar-refractivity contribution in [3.8, 4) is 0 Å². The van der Waals surface area contributed by atoms with E-state index in [9.17, 15) is 0 Å². The average molecular weight is 297 g/mol. The van der Waals surface area contributed by atoms with Gasteiger partial charge >= 0.3 is 0 Å². The Morgan fingerprint density at radius 3 is 2.55 bits per heavy atom. The first-order chi connectivity index (χ1) is 9.60. The normalized spacial score (nSPS) is 13.2. The van der Waals surface area contributed by atoms with Gasteiger partial charge in [-0.25, -0.2) is 4.98 Å². The Balaban J connectivity index is 2.47. The third kappa shape index (κ3) is 2.85. The maximum atomic E-state index is 6.32. The predicted octanol–water partition coefficient (Wildman–Crippen LogP) is 4.21. The summed E-state index contributed by atoms with van der Waals surface area (Å²) in [4.78, 5) is 4.78. The summed E-state index contributed by atoms with van der Waals surface area (Å²) in [5, 5.41) is 4.55. The Bertz CT molecular complexity index is 568. The van der Waals surface area contributed by atoms with E-state index in [1.807, 2.05) is 18.7 Å². The molecule has 0 N–H and O–H groups in total. The quantitative estimate of drug-likeness (QED) is 0.567. The summed E-state index contributed by atoms with van der Waals surface area (Å²) >= 11 is 6.32. The van der Waals surface area contributed by atoms with Gasteiger partial charge in [-0.2, -0.15) is 5.10 Å². The molecule has 0 aliphatic heterocycles. The highest BCUT2D eigenvalue weighted by atomic mass is 35.5. The lowest BCUT2D eigenvalue weighted by Gasteiger charge is -2.10. The number of alkyl halides is 1. The van der Waals surface area contributed by atoms with E-state index in [4.69, 9.17) is 16.6 Å².